The topological polar surface area (TPSA) is 50.1 Å². The molecule has 0 bridgehead atoms. The molecule has 24 heavy (non-hydrogen) atoms. The Labute approximate surface area is 142 Å². The summed E-state index contributed by atoms with van der Waals surface area (Å²) in [7, 11) is 0. The molecule has 4 heteroatoms. The van der Waals surface area contributed by atoms with Crippen LogP contribution in [0.25, 0.3) is 10.9 Å². The Morgan fingerprint density at radius 1 is 1.29 bits per heavy atom. The van der Waals surface area contributed by atoms with Gasteiger partial charge in [0.2, 0.25) is 0 Å². The first-order chi connectivity index (χ1) is 11.6. The lowest BCUT2D eigenvalue weighted by molar-refractivity contribution is 0.156. The van der Waals surface area contributed by atoms with E-state index in [0.29, 0.717) is 12.6 Å². The third-order valence-corrected chi connectivity index (χ3v) is 5.05. The summed E-state index contributed by atoms with van der Waals surface area (Å²) < 4.78 is 2.30. The van der Waals surface area contributed by atoms with Crippen LogP contribution in [0.3, 0.4) is 0 Å². The molecule has 3 heterocycles. The van der Waals surface area contributed by atoms with Gasteiger partial charge in [-0.1, -0.05) is 11.6 Å². The fourth-order valence-corrected chi connectivity index (χ4v) is 3.89. The largest absolute Gasteiger partial charge is 0.387 e. The number of rotatable bonds is 3. The molecule has 0 aliphatic carbocycles. The Balaban J connectivity index is 1.84. The van der Waals surface area contributed by atoms with Crippen LogP contribution in [-0.4, -0.2) is 21.2 Å². The van der Waals surface area contributed by atoms with Crippen LogP contribution in [-0.2, 0) is 13.0 Å². The van der Waals surface area contributed by atoms with Crippen LogP contribution in [0.4, 0.5) is 0 Å². The molecule has 0 fully saturated rings. The maximum Gasteiger partial charge on any atom is 0.0970 e. The quantitative estimate of drug-likeness (QED) is 0.778. The van der Waals surface area contributed by atoms with Crippen LogP contribution in [0.15, 0.2) is 42.7 Å². The van der Waals surface area contributed by atoms with Crippen molar-refractivity contribution < 1.29 is 5.11 Å². The van der Waals surface area contributed by atoms with Gasteiger partial charge in [0.15, 0.2) is 0 Å². The number of nitrogens with one attached hydrogen (secondary N) is 1. The normalized spacial score (nSPS) is 18.5. The van der Waals surface area contributed by atoms with E-state index in [4.69, 9.17) is 0 Å². The molecule has 4 rings (SSSR count). The SMILES string of the molecule is Cc1ccc2c(c1)c1c(n2CC(O)c2ccncc2)C(C)NCC1. The fraction of sp³-hybridized carbons (Fsp3) is 0.350. The monoisotopic (exact) mass is 321 g/mol. The highest BCUT2D eigenvalue weighted by Crippen LogP contribution is 2.35. The molecule has 1 aromatic carbocycles. The molecule has 0 radical (unpaired) electrons. The summed E-state index contributed by atoms with van der Waals surface area (Å²) in [5.74, 6) is 0. The molecule has 0 saturated carbocycles. The second kappa shape index (κ2) is 6.04. The summed E-state index contributed by atoms with van der Waals surface area (Å²) in [4.78, 5) is 4.04. The predicted octanol–water partition coefficient (Wildman–Crippen LogP) is 3.29. The molecule has 2 atom stereocenters. The second-order valence-corrected chi connectivity index (χ2v) is 6.72. The van der Waals surface area contributed by atoms with Crippen LogP contribution >= 0.6 is 0 Å². The molecule has 2 N–H and O–H groups in total. The Bertz CT molecular complexity index is 869. The van der Waals surface area contributed by atoms with E-state index in [-0.39, 0.29) is 0 Å². The van der Waals surface area contributed by atoms with E-state index in [1.54, 1.807) is 12.4 Å². The third kappa shape index (κ3) is 2.52. The first-order valence-corrected chi connectivity index (χ1v) is 8.58. The Morgan fingerprint density at radius 3 is 2.88 bits per heavy atom. The summed E-state index contributed by atoms with van der Waals surface area (Å²) in [6.07, 6.45) is 3.96. The second-order valence-electron chi connectivity index (χ2n) is 6.72. The molecule has 124 valence electrons. The van der Waals surface area contributed by atoms with Gasteiger partial charge in [0.25, 0.3) is 0 Å². The van der Waals surface area contributed by atoms with Gasteiger partial charge >= 0.3 is 0 Å². The van der Waals surface area contributed by atoms with Crippen LogP contribution in [0.5, 0.6) is 0 Å². The van der Waals surface area contributed by atoms with Gasteiger partial charge in [-0.3, -0.25) is 4.98 Å². The van der Waals surface area contributed by atoms with E-state index in [0.717, 1.165) is 18.5 Å². The fourth-order valence-electron chi connectivity index (χ4n) is 3.89. The van der Waals surface area contributed by atoms with Crippen LogP contribution in [0, 0.1) is 6.92 Å². The van der Waals surface area contributed by atoms with Crippen molar-refractivity contribution >= 4 is 10.9 Å². The average molecular weight is 321 g/mol. The van der Waals surface area contributed by atoms with Crippen molar-refractivity contribution in [3.63, 3.8) is 0 Å². The number of aryl methyl sites for hydroxylation is 1. The molecule has 0 spiro atoms. The standard InChI is InChI=1S/C20H23N3O/c1-13-3-4-18-17(11-13)16-7-10-22-14(2)20(16)23(18)12-19(24)15-5-8-21-9-6-15/h3-6,8-9,11,14,19,22,24H,7,10,12H2,1-2H3. The van der Waals surface area contributed by atoms with Crippen molar-refractivity contribution in [3.05, 3.63) is 65.1 Å². The highest BCUT2D eigenvalue weighted by molar-refractivity contribution is 5.86. The van der Waals surface area contributed by atoms with Crippen molar-refractivity contribution in [2.75, 3.05) is 6.54 Å². The number of hydrogen-bond donors (Lipinski definition) is 2. The van der Waals surface area contributed by atoms with Gasteiger partial charge in [0, 0.05) is 35.0 Å². The number of aliphatic hydroxyl groups is 1. The number of aliphatic hydroxyl groups excluding tert-OH is 1. The van der Waals surface area contributed by atoms with E-state index < -0.39 is 6.10 Å². The zero-order valence-electron chi connectivity index (χ0n) is 14.2. The lowest BCUT2D eigenvalue weighted by Gasteiger charge is -2.25. The third-order valence-electron chi connectivity index (χ3n) is 5.05. The van der Waals surface area contributed by atoms with Gasteiger partial charge in [0.05, 0.1) is 12.6 Å². The minimum absolute atomic E-state index is 0.297. The van der Waals surface area contributed by atoms with Gasteiger partial charge < -0.3 is 15.0 Å². The van der Waals surface area contributed by atoms with E-state index in [2.05, 4.69) is 46.9 Å². The number of aromatic nitrogens is 2. The number of fused-ring (bicyclic) bond motifs is 3. The van der Waals surface area contributed by atoms with E-state index in [1.165, 1.54) is 27.7 Å². The van der Waals surface area contributed by atoms with Gasteiger partial charge in [-0.25, -0.2) is 0 Å². The first-order valence-electron chi connectivity index (χ1n) is 8.58. The van der Waals surface area contributed by atoms with Crippen LogP contribution in [0.1, 0.15) is 41.5 Å². The molecular weight excluding hydrogens is 298 g/mol. The van der Waals surface area contributed by atoms with Crippen LogP contribution < -0.4 is 5.32 Å². The molecule has 4 nitrogen and oxygen atoms in total. The van der Waals surface area contributed by atoms with Crippen molar-refractivity contribution in [3.8, 4) is 0 Å². The zero-order chi connectivity index (χ0) is 16.7. The Hall–Kier alpha value is -2.17. The van der Waals surface area contributed by atoms with Gasteiger partial charge in [-0.05, 0) is 62.2 Å². The summed E-state index contributed by atoms with van der Waals surface area (Å²) in [5.41, 5.74) is 6.15. The van der Waals surface area contributed by atoms with Crippen LogP contribution in [0.2, 0.25) is 0 Å². The van der Waals surface area contributed by atoms with Crippen molar-refractivity contribution in [2.24, 2.45) is 0 Å². The Morgan fingerprint density at radius 2 is 2.08 bits per heavy atom. The lowest BCUT2D eigenvalue weighted by Crippen LogP contribution is -2.29. The number of benzene rings is 1. The molecule has 3 aromatic rings. The highest BCUT2D eigenvalue weighted by atomic mass is 16.3. The van der Waals surface area contributed by atoms with Gasteiger partial charge in [-0.2, -0.15) is 0 Å². The Kier molecular flexibility index (Phi) is 3.87. The summed E-state index contributed by atoms with van der Waals surface area (Å²) in [5, 5.41) is 15.6. The molecule has 0 saturated heterocycles. The maximum absolute atomic E-state index is 10.7. The summed E-state index contributed by atoms with van der Waals surface area (Å²) in [6.45, 7) is 5.91. The smallest absolute Gasteiger partial charge is 0.0970 e. The predicted molar refractivity (Wildman–Crippen MR) is 96.0 cm³/mol. The number of pyridine rings is 1. The lowest BCUT2D eigenvalue weighted by atomic mass is 9.99. The molecule has 2 aromatic heterocycles. The summed E-state index contributed by atoms with van der Waals surface area (Å²) >= 11 is 0. The molecule has 1 aliphatic rings. The van der Waals surface area contributed by atoms with E-state index in [9.17, 15) is 5.11 Å². The van der Waals surface area contributed by atoms with Gasteiger partial charge in [-0.15, -0.1) is 0 Å². The number of hydrogen-bond acceptors (Lipinski definition) is 3. The molecule has 2 unspecified atom stereocenters. The highest BCUT2D eigenvalue weighted by Gasteiger charge is 2.25. The van der Waals surface area contributed by atoms with E-state index >= 15 is 0 Å². The number of nitrogens with zero attached hydrogens (tertiary/aromatic N) is 2. The minimum Gasteiger partial charge on any atom is -0.387 e. The van der Waals surface area contributed by atoms with Crippen molar-refractivity contribution in [1.29, 1.82) is 0 Å². The van der Waals surface area contributed by atoms with E-state index in [1.807, 2.05) is 12.1 Å². The summed E-state index contributed by atoms with van der Waals surface area (Å²) in [6, 6.07) is 10.7. The average Bonchev–Trinajstić information content (AvgIpc) is 2.90. The first kappa shape index (κ1) is 15.4. The molecule has 0 amide bonds. The molecule has 1 aliphatic heterocycles. The zero-order valence-corrected chi connectivity index (χ0v) is 14.2. The van der Waals surface area contributed by atoms with Crippen molar-refractivity contribution in [1.82, 2.24) is 14.9 Å². The molecular formula is C20H23N3O. The van der Waals surface area contributed by atoms with Gasteiger partial charge in [0.1, 0.15) is 0 Å². The van der Waals surface area contributed by atoms with Crippen molar-refractivity contribution in [2.45, 2.75) is 39.0 Å². The minimum atomic E-state index is -0.539. The maximum atomic E-state index is 10.7.